The first-order valence-corrected chi connectivity index (χ1v) is 15.0. The van der Waals surface area contributed by atoms with Crippen molar-refractivity contribution in [3.8, 4) is 0 Å². The number of benzene rings is 2. The van der Waals surface area contributed by atoms with Crippen LogP contribution in [0.15, 0.2) is 52.3 Å². The largest absolute Gasteiger partial charge is 0.366 e. The molecular formula is C30H38N4O5S. The molecule has 1 aliphatic carbocycles. The Morgan fingerprint density at radius 2 is 1.77 bits per heavy atom. The first kappa shape index (κ1) is 28.4. The maximum Gasteiger partial charge on any atom is 0.242 e. The monoisotopic (exact) mass is 566 g/mol. The van der Waals surface area contributed by atoms with E-state index in [0.717, 1.165) is 52.4 Å². The highest BCUT2D eigenvalue weighted by atomic mass is 32.2. The van der Waals surface area contributed by atoms with Gasteiger partial charge in [0.2, 0.25) is 17.7 Å². The Morgan fingerprint density at radius 1 is 1.00 bits per heavy atom. The molecule has 0 bridgehead atoms. The average Bonchev–Trinajstić information content (AvgIpc) is 3.35. The fraction of sp³-hybridized carbons (Fsp3) is 0.500. The predicted octanol–water partition coefficient (Wildman–Crippen LogP) is 3.62. The Balaban J connectivity index is 1.16. The Bertz CT molecular complexity index is 1230. The third-order valence-corrected chi connectivity index (χ3v) is 9.02. The molecule has 2 aliphatic heterocycles. The van der Waals surface area contributed by atoms with E-state index in [9.17, 15) is 19.5 Å². The molecule has 214 valence electrons. The van der Waals surface area contributed by atoms with Gasteiger partial charge in [-0.15, -0.1) is 0 Å². The summed E-state index contributed by atoms with van der Waals surface area (Å²) in [6.45, 7) is 2.00. The minimum absolute atomic E-state index is 0.129. The van der Waals surface area contributed by atoms with Gasteiger partial charge in [-0.3, -0.25) is 14.4 Å². The van der Waals surface area contributed by atoms with Gasteiger partial charge in [0, 0.05) is 9.79 Å². The van der Waals surface area contributed by atoms with Crippen LogP contribution in [0, 0.1) is 5.92 Å². The SMILES string of the molecule is C[C@H](NC(=O)Cc1ccc2c(c1)Nc1ccccc1S2)C(=O)N[C@@H](CC1CCCCC1)C(=O)N[C@H]1CCOC1O. The van der Waals surface area contributed by atoms with Crippen molar-refractivity contribution in [2.45, 2.75) is 92.5 Å². The molecule has 10 heteroatoms. The Morgan fingerprint density at radius 3 is 2.55 bits per heavy atom. The fourth-order valence-corrected chi connectivity index (χ4v) is 6.59. The van der Waals surface area contributed by atoms with Crippen LogP contribution >= 0.6 is 11.8 Å². The van der Waals surface area contributed by atoms with Crippen LogP contribution in [0.3, 0.4) is 0 Å². The fourth-order valence-electron chi connectivity index (χ4n) is 5.63. The maximum atomic E-state index is 13.1. The van der Waals surface area contributed by atoms with Crippen molar-refractivity contribution in [2.24, 2.45) is 5.92 Å². The normalized spacial score (nSPS) is 21.8. The maximum absolute atomic E-state index is 13.1. The third kappa shape index (κ3) is 7.16. The highest BCUT2D eigenvalue weighted by Crippen LogP contribution is 2.44. The molecule has 4 atom stereocenters. The zero-order chi connectivity index (χ0) is 28.1. The van der Waals surface area contributed by atoms with E-state index in [1.54, 1.807) is 18.7 Å². The van der Waals surface area contributed by atoms with Gasteiger partial charge in [0.05, 0.1) is 30.4 Å². The highest BCUT2D eigenvalue weighted by Gasteiger charge is 2.33. The summed E-state index contributed by atoms with van der Waals surface area (Å²) in [7, 11) is 0. The van der Waals surface area contributed by atoms with Crippen molar-refractivity contribution >= 4 is 40.9 Å². The molecule has 3 amide bonds. The van der Waals surface area contributed by atoms with E-state index < -0.39 is 30.3 Å². The molecule has 40 heavy (non-hydrogen) atoms. The Kier molecular flexibility index (Phi) is 9.29. The number of anilines is 2. The van der Waals surface area contributed by atoms with E-state index in [2.05, 4.69) is 27.3 Å². The Hall–Kier alpha value is -3.08. The number of nitrogens with one attached hydrogen (secondary N) is 4. The van der Waals surface area contributed by atoms with Crippen LogP contribution in [0.2, 0.25) is 0 Å². The first-order valence-electron chi connectivity index (χ1n) is 14.2. The lowest BCUT2D eigenvalue weighted by atomic mass is 9.84. The molecule has 3 aliphatic rings. The van der Waals surface area contributed by atoms with Crippen molar-refractivity contribution in [3.63, 3.8) is 0 Å². The summed E-state index contributed by atoms with van der Waals surface area (Å²) in [5.74, 6) is -0.659. The highest BCUT2D eigenvalue weighted by molar-refractivity contribution is 7.99. The average molecular weight is 567 g/mol. The van der Waals surface area contributed by atoms with Gasteiger partial charge < -0.3 is 31.1 Å². The van der Waals surface area contributed by atoms with Crippen molar-refractivity contribution < 1.29 is 24.2 Å². The summed E-state index contributed by atoms with van der Waals surface area (Å²) >= 11 is 1.69. The molecule has 2 heterocycles. The molecule has 2 aromatic rings. The number of para-hydroxylation sites is 1. The molecular weight excluding hydrogens is 528 g/mol. The molecule has 1 unspecified atom stereocenters. The summed E-state index contributed by atoms with van der Waals surface area (Å²) < 4.78 is 5.16. The molecule has 0 radical (unpaired) electrons. The van der Waals surface area contributed by atoms with Crippen molar-refractivity contribution in [2.75, 3.05) is 11.9 Å². The molecule has 9 nitrogen and oxygen atoms in total. The minimum Gasteiger partial charge on any atom is -0.366 e. The van der Waals surface area contributed by atoms with Crippen LogP contribution in [-0.4, -0.2) is 53.9 Å². The number of hydrogen-bond acceptors (Lipinski definition) is 7. The number of amides is 3. The quantitative estimate of drug-likeness (QED) is 0.268. The second-order valence-corrected chi connectivity index (χ2v) is 12.1. The lowest BCUT2D eigenvalue weighted by Gasteiger charge is -2.28. The molecule has 5 rings (SSSR count). The number of carbonyl (C=O) groups is 3. The lowest BCUT2D eigenvalue weighted by Crippen LogP contribution is -2.55. The first-order chi connectivity index (χ1) is 19.4. The number of fused-ring (bicyclic) bond motifs is 2. The number of carbonyl (C=O) groups excluding carboxylic acids is 3. The van der Waals surface area contributed by atoms with Gasteiger partial charge in [0.15, 0.2) is 6.29 Å². The van der Waals surface area contributed by atoms with E-state index in [0.29, 0.717) is 25.4 Å². The summed E-state index contributed by atoms with van der Waals surface area (Å²) in [5.41, 5.74) is 2.83. The molecule has 2 aromatic carbocycles. The second kappa shape index (κ2) is 13.1. The molecule has 1 saturated carbocycles. The second-order valence-electron chi connectivity index (χ2n) is 11.0. The summed E-state index contributed by atoms with van der Waals surface area (Å²) in [4.78, 5) is 41.4. The number of hydrogen-bond donors (Lipinski definition) is 5. The van der Waals surface area contributed by atoms with Gasteiger partial charge in [0.1, 0.15) is 12.1 Å². The molecule has 0 aromatic heterocycles. The number of aliphatic hydroxyl groups excluding tert-OH is 1. The van der Waals surface area contributed by atoms with Crippen molar-refractivity contribution in [1.29, 1.82) is 0 Å². The topological polar surface area (TPSA) is 129 Å². The van der Waals surface area contributed by atoms with Gasteiger partial charge in [-0.1, -0.05) is 62.1 Å². The number of ether oxygens (including phenoxy) is 1. The van der Waals surface area contributed by atoms with Gasteiger partial charge in [-0.25, -0.2) is 0 Å². The summed E-state index contributed by atoms with van der Waals surface area (Å²) in [6.07, 6.45) is 5.64. The summed E-state index contributed by atoms with van der Waals surface area (Å²) in [6, 6.07) is 11.9. The van der Waals surface area contributed by atoms with Gasteiger partial charge in [0.25, 0.3) is 0 Å². The van der Waals surface area contributed by atoms with E-state index in [-0.39, 0.29) is 18.2 Å². The zero-order valence-corrected chi connectivity index (χ0v) is 23.6. The van der Waals surface area contributed by atoms with Crippen LogP contribution in [0.4, 0.5) is 11.4 Å². The smallest absolute Gasteiger partial charge is 0.242 e. The predicted molar refractivity (Wildman–Crippen MR) is 153 cm³/mol. The minimum atomic E-state index is -1.04. The van der Waals surface area contributed by atoms with Gasteiger partial charge >= 0.3 is 0 Å². The van der Waals surface area contributed by atoms with E-state index >= 15 is 0 Å². The van der Waals surface area contributed by atoms with Crippen molar-refractivity contribution in [1.82, 2.24) is 16.0 Å². The number of rotatable bonds is 9. The zero-order valence-electron chi connectivity index (χ0n) is 22.8. The van der Waals surface area contributed by atoms with E-state index in [1.165, 1.54) is 6.42 Å². The lowest BCUT2D eigenvalue weighted by molar-refractivity contribution is -0.133. The molecule has 5 N–H and O–H groups in total. The van der Waals surface area contributed by atoms with Crippen LogP contribution in [0.5, 0.6) is 0 Å². The van der Waals surface area contributed by atoms with Gasteiger partial charge in [-0.2, -0.15) is 0 Å². The van der Waals surface area contributed by atoms with Crippen LogP contribution < -0.4 is 21.3 Å². The van der Waals surface area contributed by atoms with Crippen LogP contribution in [0.1, 0.15) is 57.4 Å². The molecule has 2 fully saturated rings. The van der Waals surface area contributed by atoms with E-state index in [1.807, 2.05) is 36.4 Å². The van der Waals surface area contributed by atoms with Crippen LogP contribution in [-0.2, 0) is 25.5 Å². The van der Waals surface area contributed by atoms with Crippen molar-refractivity contribution in [3.05, 3.63) is 48.0 Å². The van der Waals surface area contributed by atoms with E-state index in [4.69, 9.17) is 4.74 Å². The summed E-state index contributed by atoms with van der Waals surface area (Å²) in [5, 5.41) is 21.9. The third-order valence-electron chi connectivity index (χ3n) is 7.87. The Labute approximate surface area is 239 Å². The van der Waals surface area contributed by atoms with Crippen LogP contribution in [0.25, 0.3) is 0 Å². The number of aliphatic hydroxyl groups is 1. The molecule has 0 spiro atoms. The molecule has 1 saturated heterocycles. The standard InChI is InChI=1S/C30H38N4O5S/c1-18(31-27(35)17-20-11-12-26-23(16-20)32-21-9-5-6-10-25(21)40-26)28(36)34-24(15-19-7-3-2-4-8-19)29(37)33-22-13-14-39-30(22)38/h5-6,9-12,16,18-19,22,24,30,32,38H,2-4,7-8,13-15,17H2,1H3,(H,31,35)(H,33,37)(H,34,36)/t18-,22-,24-,30?/m0/s1. The van der Waals surface area contributed by atoms with Gasteiger partial charge in [-0.05, 0) is 55.5 Å².